The molecule has 0 amide bonds. The van der Waals surface area contributed by atoms with E-state index < -0.39 is 0 Å². The lowest BCUT2D eigenvalue weighted by atomic mass is 10.1. The van der Waals surface area contributed by atoms with E-state index in [-0.39, 0.29) is 5.78 Å². The highest BCUT2D eigenvalue weighted by Gasteiger charge is 2.02. The number of benzene rings is 1. The summed E-state index contributed by atoms with van der Waals surface area (Å²) in [5, 5.41) is 10.2. The van der Waals surface area contributed by atoms with E-state index in [1.807, 2.05) is 12.1 Å². The first-order chi connectivity index (χ1) is 9.67. The summed E-state index contributed by atoms with van der Waals surface area (Å²) < 4.78 is 1.52. The van der Waals surface area contributed by atoms with Gasteiger partial charge in [0.1, 0.15) is 4.38 Å². The van der Waals surface area contributed by atoms with E-state index >= 15 is 0 Å². The maximum atomic E-state index is 11.9. The van der Waals surface area contributed by atoms with Crippen molar-refractivity contribution in [1.82, 2.24) is 0 Å². The van der Waals surface area contributed by atoms with Gasteiger partial charge in [0.2, 0.25) is 6.19 Å². The Bertz CT molecular complexity index is 574. The average molecular weight is 367 g/mol. The molecule has 0 bridgehead atoms. The van der Waals surface area contributed by atoms with Gasteiger partial charge >= 0.3 is 0 Å². The number of hydrogen-bond donors (Lipinski definition) is 0. The number of carbonyl (C=O) groups excluding carboxylic acids is 1. The van der Waals surface area contributed by atoms with Crippen LogP contribution in [-0.2, 0) is 0 Å². The first-order valence-electron chi connectivity index (χ1n) is 5.51. The van der Waals surface area contributed by atoms with Crippen LogP contribution >= 0.6 is 39.5 Å². The number of nitrogens with zero attached hydrogens (tertiary/aromatic N) is 2. The van der Waals surface area contributed by atoms with Crippen molar-refractivity contribution in [2.75, 3.05) is 5.75 Å². The van der Waals surface area contributed by atoms with E-state index in [2.05, 4.69) is 27.5 Å². The van der Waals surface area contributed by atoms with Crippen molar-refractivity contribution < 1.29 is 4.79 Å². The normalized spacial score (nSPS) is 11.3. The van der Waals surface area contributed by atoms with Gasteiger partial charge in [0.15, 0.2) is 5.78 Å². The number of halogens is 1. The van der Waals surface area contributed by atoms with Gasteiger partial charge in [0.25, 0.3) is 0 Å². The molecule has 0 aliphatic carbocycles. The second kappa shape index (κ2) is 9.59. The van der Waals surface area contributed by atoms with Gasteiger partial charge in [0, 0.05) is 15.8 Å². The third kappa shape index (κ3) is 6.24. The maximum absolute atomic E-state index is 11.9. The Kier molecular flexibility index (Phi) is 8.04. The number of nitriles is 1. The van der Waals surface area contributed by atoms with E-state index in [4.69, 9.17) is 5.26 Å². The molecule has 1 aromatic rings. The molecular formula is C14H11BrN2OS2. The SMILES string of the molecule is C=CCSC(=NC#N)S/C=C/C(=O)c1ccc(Br)cc1. The molecule has 0 unspecified atom stereocenters. The molecule has 20 heavy (non-hydrogen) atoms. The molecule has 1 aromatic carbocycles. The molecule has 0 spiro atoms. The molecule has 0 saturated carbocycles. The zero-order valence-electron chi connectivity index (χ0n) is 10.5. The average Bonchev–Trinajstić information content (AvgIpc) is 2.45. The molecule has 0 radical (unpaired) electrons. The Balaban J connectivity index is 2.61. The number of carbonyl (C=O) groups is 1. The lowest BCUT2D eigenvalue weighted by molar-refractivity contribution is 0.104. The summed E-state index contributed by atoms with van der Waals surface area (Å²) in [6.07, 6.45) is 4.94. The van der Waals surface area contributed by atoms with Crippen LogP contribution in [-0.4, -0.2) is 15.9 Å². The number of thioether (sulfide) groups is 2. The van der Waals surface area contributed by atoms with Crippen LogP contribution in [0.1, 0.15) is 10.4 Å². The lowest BCUT2D eigenvalue weighted by Gasteiger charge is -1.98. The fourth-order valence-electron chi connectivity index (χ4n) is 1.13. The number of ketones is 1. The zero-order valence-corrected chi connectivity index (χ0v) is 13.7. The molecular weight excluding hydrogens is 356 g/mol. The third-order valence-electron chi connectivity index (χ3n) is 1.98. The summed E-state index contributed by atoms with van der Waals surface area (Å²) in [7, 11) is 0. The van der Waals surface area contributed by atoms with Gasteiger partial charge in [-0.15, -0.1) is 6.58 Å². The fourth-order valence-corrected chi connectivity index (χ4v) is 2.80. The van der Waals surface area contributed by atoms with Crippen molar-refractivity contribution >= 4 is 49.6 Å². The Hall–Kier alpha value is -1.29. The molecule has 0 N–H and O–H groups in total. The summed E-state index contributed by atoms with van der Waals surface area (Å²) in [6.45, 7) is 3.60. The molecule has 0 fully saturated rings. The molecule has 102 valence electrons. The minimum atomic E-state index is -0.0879. The molecule has 0 aliphatic heterocycles. The summed E-state index contributed by atoms with van der Waals surface area (Å²) in [5.41, 5.74) is 0.613. The second-order valence-electron chi connectivity index (χ2n) is 3.37. The van der Waals surface area contributed by atoms with Crippen LogP contribution in [0.2, 0.25) is 0 Å². The molecule has 6 heteroatoms. The van der Waals surface area contributed by atoms with Crippen LogP contribution in [0.3, 0.4) is 0 Å². The minimum absolute atomic E-state index is 0.0879. The zero-order chi connectivity index (χ0) is 14.8. The largest absolute Gasteiger partial charge is 0.289 e. The molecule has 1 rings (SSSR count). The van der Waals surface area contributed by atoms with Crippen molar-refractivity contribution in [3.8, 4) is 6.19 Å². The predicted octanol–water partition coefficient (Wildman–Crippen LogP) is 4.63. The van der Waals surface area contributed by atoms with Gasteiger partial charge < -0.3 is 0 Å². The van der Waals surface area contributed by atoms with E-state index in [0.717, 1.165) is 4.47 Å². The molecule has 0 heterocycles. The molecule has 3 nitrogen and oxygen atoms in total. The number of hydrogen-bond acceptors (Lipinski definition) is 5. The van der Waals surface area contributed by atoms with Crippen LogP contribution in [0.4, 0.5) is 0 Å². The quantitative estimate of drug-likeness (QED) is 0.190. The number of aliphatic imine (C=N–C) groups is 1. The molecule has 0 aromatic heterocycles. The van der Waals surface area contributed by atoms with Crippen LogP contribution in [0.25, 0.3) is 0 Å². The Labute approximate surface area is 135 Å². The van der Waals surface area contributed by atoms with Crippen molar-refractivity contribution in [2.45, 2.75) is 0 Å². The van der Waals surface area contributed by atoms with Gasteiger partial charge in [0.05, 0.1) is 0 Å². The highest BCUT2D eigenvalue weighted by molar-refractivity contribution is 9.10. The minimum Gasteiger partial charge on any atom is -0.289 e. The van der Waals surface area contributed by atoms with Crippen LogP contribution in [0.15, 0.2) is 57.9 Å². The number of allylic oxidation sites excluding steroid dienone is 1. The van der Waals surface area contributed by atoms with Gasteiger partial charge in [-0.05, 0) is 35.7 Å². The van der Waals surface area contributed by atoms with Gasteiger partial charge in [-0.2, -0.15) is 10.3 Å². The molecule has 0 atom stereocenters. The second-order valence-corrected chi connectivity index (χ2v) is 6.45. The first-order valence-corrected chi connectivity index (χ1v) is 8.16. The monoisotopic (exact) mass is 366 g/mol. The van der Waals surface area contributed by atoms with Gasteiger partial charge in [-0.3, -0.25) is 4.79 Å². The standard InChI is InChI=1S/C14H11BrN2OS2/c1-2-8-19-14(17-10-16)20-9-7-13(18)11-3-5-12(15)6-4-11/h2-7,9H,1,8H2/b9-7+,17-14?. The highest BCUT2D eigenvalue weighted by Crippen LogP contribution is 2.19. The van der Waals surface area contributed by atoms with E-state index in [1.54, 1.807) is 29.8 Å². The Morgan fingerprint density at radius 2 is 2.15 bits per heavy atom. The van der Waals surface area contributed by atoms with Crippen LogP contribution in [0.5, 0.6) is 0 Å². The fraction of sp³-hybridized carbons (Fsp3) is 0.0714. The van der Waals surface area contributed by atoms with Crippen molar-refractivity contribution in [3.63, 3.8) is 0 Å². The van der Waals surface area contributed by atoms with Crippen molar-refractivity contribution in [3.05, 3.63) is 58.4 Å². The molecule has 0 aliphatic rings. The van der Waals surface area contributed by atoms with E-state index in [0.29, 0.717) is 15.7 Å². The van der Waals surface area contributed by atoms with E-state index in [1.165, 1.54) is 29.6 Å². The first kappa shape index (κ1) is 16.8. The molecule has 0 saturated heterocycles. The summed E-state index contributed by atoms with van der Waals surface area (Å²) in [5.74, 6) is 0.581. The summed E-state index contributed by atoms with van der Waals surface area (Å²) in [4.78, 5) is 15.5. The maximum Gasteiger partial charge on any atom is 0.207 e. The summed E-state index contributed by atoms with van der Waals surface area (Å²) >= 11 is 5.96. The third-order valence-corrected chi connectivity index (χ3v) is 4.46. The summed E-state index contributed by atoms with van der Waals surface area (Å²) in [6, 6.07) is 7.13. The van der Waals surface area contributed by atoms with Crippen molar-refractivity contribution in [2.24, 2.45) is 4.99 Å². The Morgan fingerprint density at radius 3 is 2.75 bits per heavy atom. The topological polar surface area (TPSA) is 53.2 Å². The smallest absolute Gasteiger partial charge is 0.207 e. The predicted molar refractivity (Wildman–Crippen MR) is 90.9 cm³/mol. The van der Waals surface area contributed by atoms with Gasteiger partial charge in [-0.1, -0.05) is 45.5 Å². The van der Waals surface area contributed by atoms with Crippen molar-refractivity contribution in [1.29, 1.82) is 5.26 Å². The number of rotatable bonds is 5. The van der Waals surface area contributed by atoms with E-state index in [9.17, 15) is 4.79 Å². The van der Waals surface area contributed by atoms with Crippen LogP contribution < -0.4 is 0 Å². The Morgan fingerprint density at radius 1 is 1.45 bits per heavy atom. The highest BCUT2D eigenvalue weighted by atomic mass is 79.9. The van der Waals surface area contributed by atoms with Crippen LogP contribution in [0, 0.1) is 11.5 Å². The lowest BCUT2D eigenvalue weighted by Crippen LogP contribution is -1.93. The van der Waals surface area contributed by atoms with Gasteiger partial charge in [-0.25, -0.2) is 0 Å².